The molecule has 0 N–H and O–H groups in total. The zero-order valence-electron chi connectivity index (χ0n) is 16.3. The molecule has 1 aromatic heterocycles. The van der Waals surface area contributed by atoms with Crippen molar-refractivity contribution in [2.45, 2.75) is 6.92 Å². The van der Waals surface area contributed by atoms with Gasteiger partial charge in [-0.3, -0.25) is 4.90 Å². The molecule has 1 aliphatic heterocycles. The van der Waals surface area contributed by atoms with Crippen LogP contribution in [0.3, 0.4) is 0 Å². The smallest absolute Gasteiger partial charge is 0.158 e. The van der Waals surface area contributed by atoms with Gasteiger partial charge in [-0.1, -0.05) is 48.5 Å². The predicted octanol–water partition coefficient (Wildman–Crippen LogP) is 3.92. The van der Waals surface area contributed by atoms with Crippen molar-refractivity contribution < 1.29 is 4.74 Å². The van der Waals surface area contributed by atoms with E-state index in [9.17, 15) is 0 Å². The molecule has 5 nitrogen and oxygen atoms in total. The van der Waals surface area contributed by atoms with E-state index < -0.39 is 0 Å². The van der Waals surface area contributed by atoms with Gasteiger partial charge >= 0.3 is 0 Å². The summed E-state index contributed by atoms with van der Waals surface area (Å²) in [6.45, 7) is 7.55. The van der Waals surface area contributed by atoms with Gasteiger partial charge in [-0.25, -0.2) is 0 Å². The van der Waals surface area contributed by atoms with Crippen molar-refractivity contribution in [3.05, 3.63) is 72.3 Å². The average molecular weight is 374 g/mol. The van der Waals surface area contributed by atoms with Gasteiger partial charge in [-0.15, -0.1) is 10.2 Å². The van der Waals surface area contributed by atoms with Gasteiger partial charge in [0.2, 0.25) is 0 Å². The number of ether oxygens (including phenoxy) is 1. The van der Waals surface area contributed by atoms with Crippen LogP contribution in [0.15, 0.2) is 66.7 Å². The maximum Gasteiger partial charge on any atom is 0.158 e. The molecule has 0 bridgehead atoms. The Morgan fingerprint density at radius 1 is 0.929 bits per heavy atom. The van der Waals surface area contributed by atoms with Crippen LogP contribution in [0.1, 0.15) is 5.56 Å². The van der Waals surface area contributed by atoms with E-state index in [1.54, 1.807) is 0 Å². The first-order valence-electron chi connectivity index (χ1n) is 9.84. The molecule has 1 saturated heterocycles. The Morgan fingerprint density at radius 2 is 1.61 bits per heavy atom. The second kappa shape index (κ2) is 8.95. The summed E-state index contributed by atoms with van der Waals surface area (Å²) in [6.07, 6.45) is 0. The summed E-state index contributed by atoms with van der Waals surface area (Å²) in [7, 11) is 0. The molecular formula is C23H26N4O. The lowest BCUT2D eigenvalue weighted by atomic mass is 10.1. The maximum absolute atomic E-state index is 5.47. The average Bonchev–Trinajstić information content (AvgIpc) is 2.77. The Kier molecular flexibility index (Phi) is 5.95. The molecule has 144 valence electrons. The third-order valence-electron chi connectivity index (χ3n) is 5.10. The Bertz CT molecular complexity index is 880. The minimum absolute atomic E-state index is 0.815. The number of para-hydroxylation sites is 1. The largest absolute Gasteiger partial charge is 0.379 e. The molecule has 0 radical (unpaired) electrons. The van der Waals surface area contributed by atoms with Crippen LogP contribution in [-0.2, 0) is 4.74 Å². The molecule has 4 rings (SSSR count). The molecule has 3 aromatic rings. The second-order valence-electron chi connectivity index (χ2n) is 7.04. The van der Waals surface area contributed by atoms with Crippen LogP contribution >= 0.6 is 0 Å². The highest BCUT2D eigenvalue weighted by Gasteiger charge is 2.17. The summed E-state index contributed by atoms with van der Waals surface area (Å²) in [6, 6.07) is 22.8. The third-order valence-corrected chi connectivity index (χ3v) is 5.10. The molecule has 1 aliphatic rings. The Labute approximate surface area is 166 Å². The Hall–Kier alpha value is -2.76. The van der Waals surface area contributed by atoms with Crippen molar-refractivity contribution in [3.8, 4) is 11.3 Å². The molecule has 0 unspecified atom stereocenters. The van der Waals surface area contributed by atoms with Gasteiger partial charge in [0.25, 0.3) is 0 Å². The number of benzene rings is 2. The third kappa shape index (κ3) is 4.38. The monoisotopic (exact) mass is 374 g/mol. The van der Waals surface area contributed by atoms with Crippen LogP contribution in [0.4, 0.5) is 11.5 Å². The molecule has 5 heteroatoms. The number of aromatic nitrogens is 2. The fourth-order valence-corrected chi connectivity index (χ4v) is 3.53. The zero-order valence-corrected chi connectivity index (χ0v) is 16.3. The number of aryl methyl sites for hydroxylation is 1. The SMILES string of the molecule is Cc1cc(-c2ccccc2)nnc1N(CCN1CCOCC1)c1ccccc1. The van der Waals surface area contributed by atoms with Gasteiger partial charge < -0.3 is 9.64 Å². The summed E-state index contributed by atoms with van der Waals surface area (Å²) in [5.74, 6) is 0.916. The van der Waals surface area contributed by atoms with E-state index in [4.69, 9.17) is 4.74 Å². The first kappa shape index (κ1) is 18.6. The molecule has 0 saturated carbocycles. The van der Waals surface area contributed by atoms with Crippen LogP contribution in [0, 0.1) is 6.92 Å². The predicted molar refractivity (Wildman–Crippen MR) is 113 cm³/mol. The minimum atomic E-state index is 0.815. The molecule has 2 heterocycles. The van der Waals surface area contributed by atoms with Crippen LogP contribution in [0.2, 0.25) is 0 Å². The number of hydrogen-bond donors (Lipinski definition) is 0. The van der Waals surface area contributed by atoms with E-state index in [2.05, 4.69) is 69.4 Å². The van der Waals surface area contributed by atoms with E-state index in [1.807, 2.05) is 24.3 Å². The fraction of sp³-hybridized carbons (Fsp3) is 0.304. The van der Waals surface area contributed by atoms with E-state index in [0.29, 0.717) is 0 Å². The quantitative estimate of drug-likeness (QED) is 0.654. The van der Waals surface area contributed by atoms with E-state index >= 15 is 0 Å². The van der Waals surface area contributed by atoms with Crippen molar-refractivity contribution in [2.24, 2.45) is 0 Å². The number of hydrogen-bond acceptors (Lipinski definition) is 5. The normalized spacial score (nSPS) is 14.8. The highest BCUT2D eigenvalue weighted by Crippen LogP contribution is 2.28. The molecule has 1 fully saturated rings. The summed E-state index contributed by atoms with van der Waals surface area (Å²) in [4.78, 5) is 4.72. The van der Waals surface area contributed by atoms with Crippen molar-refractivity contribution in [2.75, 3.05) is 44.3 Å². The van der Waals surface area contributed by atoms with E-state index in [0.717, 1.165) is 67.7 Å². The van der Waals surface area contributed by atoms with Crippen molar-refractivity contribution in [1.29, 1.82) is 0 Å². The van der Waals surface area contributed by atoms with Crippen LogP contribution in [-0.4, -0.2) is 54.5 Å². The maximum atomic E-state index is 5.47. The Morgan fingerprint density at radius 3 is 2.29 bits per heavy atom. The minimum Gasteiger partial charge on any atom is -0.379 e. The number of rotatable bonds is 6. The molecule has 0 amide bonds. The fourth-order valence-electron chi connectivity index (χ4n) is 3.53. The topological polar surface area (TPSA) is 41.5 Å². The molecule has 0 aliphatic carbocycles. The van der Waals surface area contributed by atoms with Gasteiger partial charge in [0, 0.05) is 37.4 Å². The molecular weight excluding hydrogens is 348 g/mol. The van der Waals surface area contributed by atoms with Gasteiger partial charge in [0.1, 0.15) is 0 Å². The number of morpholine rings is 1. The molecule has 0 atom stereocenters. The summed E-state index contributed by atoms with van der Waals surface area (Å²) < 4.78 is 5.47. The van der Waals surface area contributed by atoms with E-state index in [1.165, 1.54) is 0 Å². The summed E-state index contributed by atoms with van der Waals surface area (Å²) in [5.41, 5.74) is 4.26. The second-order valence-corrected chi connectivity index (χ2v) is 7.04. The lowest BCUT2D eigenvalue weighted by Gasteiger charge is -2.31. The molecule has 2 aromatic carbocycles. The highest BCUT2D eigenvalue weighted by molar-refractivity contribution is 5.66. The van der Waals surface area contributed by atoms with Crippen LogP contribution in [0.5, 0.6) is 0 Å². The van der Waals surface area contributed by atoms with Crippen LogP contribution < -0.4 is 4.90 Å². The first-order valence-corrected chi connectivity index (χ1v) is 9.84. The van der Waals surface area contributed by atoms with Crippen molar-refractivity contribution >= 4 is 11.5 Å². The Balaban J connectivity index is 1.60. The number of nitrogens with zero attached hydrogens (tertiary/aromatic N) is 4. The van der Waals surface area contributed by atoms with Crippen molar-refractivity contribution in [3.63, 3.8) is 0 Å². The van der Waals surface area contributed by atoms with E-state index in [-0.39, 0.29) is 0 Å². The molecule has 28 heavy (non-hydrogen) atoms. The first-order chi connectivity index (χ1) is 13.8. The summed E-state index contributed by atoms with van der Waals surface area (Å²) >= 11 is 0. The van der Waals surface area contributed by atoms with Gasteiger partial charge in [-0.2, -0.15) is 0 Å². The number of anilines is 2. The highest BCUT2D eigenvalue weighted by atomic mass is 16.5. The van der Waals surface area contributed by atoms with Gasteiger partial charge in [0.05, 0.1) is 18.9 Å². The van der Waals surface area contributed by atoms with Crippen molar-refractivity contribution in [1.82, 2.24) is 15.1 Å². The zero-order chi connectivity index (χ0) is 19.2. The molecule has 0 spiro atoms. The lowest BCUT2D eigenvalue weighted by molar-refractivity contribution is 0.0394. The summed E-state index contributed by atoms with van der Waals surface area (Å²) in [5, 5.41) is 9.15. The lowest BCUT2D eigenvalue weighted by Crippen LogP contribution is -2.40. The van der Waals surface area contributed by atoms with Gasteiger partial charge in [-0.05, 0) is 30.7 Å². The van der Waals surface area contributed by atoms with Gasteiger partial charge in [0.15, 0.2) is 5.82 Å². The van der Waals surface area contributed by atoms with Crippen LogP contribution in [0.25, 0.3) is 11.3 Å². The standard InChI is InChI=1S/C23H26N4O/c1-19-18-22(20-8-4-2-5-9-20)24-25-23(19)27(21-10-6-3-7-11-21)13-12-26-14-16-28-17-15-26/h2-11,18H,12-17H2,1H3.